The predicted molar refractivity (Wildman–Crippen MR) is 71.9 cm³/mol. The average Bonchev–Trinajstić information content (AvgIpc) is 2.39. The average molecular weight is 297 g/mol. The molecule has 0 saturated heterocycles. The van der Waals surface area contributed by atoms with Crippen LogP contribution in [0.15, 0.2) is 42.5 Å². The Morgan fingerprint density at radius 2 is 1.75 bits per heavy atom. The predicted octanol–water partition coefficient (Wildman–Crippen LogP) is 4.03. The second-order valence-electron chi connectivity index (χ2n) is 4.32. The number of rotatable bonds is 4. The standard InChI is InChI=1S/C15H11ClF2O2/c16-12-5-3-7-14(18)11(12)8-10(15(19)20)9-4-1-2-6-13(9)17/h1-7,10H,8H2,(H,19,20). The molecule has 0 aromatic heterocycles. The largest absolute Gasteiger partial charge is 0.481 e. The molecule has 2 nitrogen and oxygen atoms in total. The van der Waals surface area contributed by atoms with Crippen molar-refractivity contribution in [3.63, 3.8) is 0 Å². The van der Waals surface area contributed by atoms with Crippen LogP contribution in [0.1, 0.15) is 17.0 Å². The first-order valence-corrected chi connectivity index (χ1v) is 6.28. The molecule has 104 valence electrons. The Hall–Kier alpha value is -1.94. The second kappa shape index (κ2) is 6.01. The van der Waals surface area contributed by atoms with Gasteiger partial charge in [-0.15, -0.1) is 0 Å². The zero-order chi connectivity index (χ0) is 14.7. The van der Waals surface area contributed by atoms with Gasteiger partial charge in [0.2, 0.25) is 0 Å². The summed E-state index contributed by atoms with van der Waals surface area (Å²) in [6.07, 6.45) is -0.207. The molecular weight excluding hydrogens is 286 g/mol. The Bertz CT molecular complexity index is 623. The summed E-state index contributed by atoms with van der Waals surface area (Å²) in [6.45, 7) is 0. The highest BCUT2D eigenvalue weighted by Gasteiger charge is 2.25. The third kappa shape index (κ3) is 2.96. The molecule has 2 aromatic carbocycles. The molecule has 1 atom stereocenters. The Morgan fingerprint density at radius 3 is 2.35 bits per heavy atom. The summed E-state index contributed by atoms with van der Waals surface area (Å²) in [6, 6.07) is 9.66. The molecule has 1 N–H and O–H groups in total. The van der Waals surface area contributed by atoms with Crippen LogP contribution in [0.4, 0.5) is 8.78 Å². The van der Waals surface area contributed by atoms with Crippen LogP contribution in [0, 0.1) is 11.6 Å². The number of aliphatic carboxylic acids is 1. The molecule has 0 amide bonds. The van der Waals surface area contributed by atoms with Crippen molar-refractivity contribution in [2.75, 3.05) is 0 Å². The van der Waals surface area contributed by atoms with Crippen LogP contribution in [-0.2, 0) is 11.2 Å². The van der Waals surface area contributed by atoms with Gasteiger partial charge in [-0.1, -0.05) is 35.9 Å². The molecule has 1 unspecified atom stereocenters. The topological polar surface area (TPSA) is 37.3 Å². The van der Waals surface area contributed by atoms with Crippen molar-refractivity contribution < 1.29 is 18.7 Å². The molecular formula is C15H11ClF2O2. The molecule has 0 heterocycles. The number of carboxylic acid groups (broad SMARTS) is 1. The molecule has 0 fully saturated rings. The first-order valence-electron chi connectivity index (χ1n) is 5.91. The highest BCUT2D eigenvalue weighted by molar-refractivity contribution is 6.31. The normalized spacial score (nSPS) is 12.2. The van der Waals surface area contributed by atoms with E-state index in [1.807, 2.05) is 0 Å². The van der Waals surface area contributed by atoms with Crippen LogP contribution in [0.3, 0.4) is 0 Å². The van der Waals surface area contributed by atoms with Crippen LogP contribution in [0.25, 0.3) is 0 Å². The van der Waals surface area contributed by atoms with Crippen LogP contribution in [0.2, 0.25) is 5.02 Å². The van der Waals surface area contributed by atoms with Crippen LogP contribution >= 0.6 is 11.6 Å². The smallest absolute Gasteiger partial charge is 0.311 e. The number of halogens is 3. The zero-order valence-corrected chi connectivity index (χ0v) is 11.1. The molecule has 0 aliphatic heterocycles. The van der Waals surface area contributed by atoms with Crippen LogP contribution in [0.5, 0.6) is 0 Å². The van der Waals surface area contributed by atoms with Crippen molar-refractivity contribution in [2.45, 2.75) is 12.3 Å². The lowest BCUT2D eigenvalue weighted by atomic mass is 9.91. The Balaban J connectivity index is 2.42. The van der Waals surface area contributed by atoms with Gasteiger partial charge in [-0.3, -0.25) is 4.79 Å². The second-order valence-corrected chi connectivity index (χ2v) is 4.72. The fourth-order valence-electron chi connectivity index (χ4n) is 2.02. The van der Waals surface area contributed by atoms with Crippen LogP contribution in [-0.4, -0.2) is 11.1 Å². The molecule has 5 heteroatoms. The molecule has 0 bridgehead atoms. The minimum atomic E-state index is -1.23. The Labute approximate surface area is 119 Å². The number of carbonyl (C=O) groups is 1. The van der Waals surface area contributed by atoms with E-state index in [1.165, 1.54) is 42.5 Å². The van der Waals surface area contributed by atoms with Crippen molar-refractivity contribution in [1.29, 1.82) is 0 Å². The van der Waals surface area contributed by atoms with Crippen molar-refractivity contribution in [3.8, 4) is 0 Å². The number of hydrogen-bond donors (Lipinski definition) is 1. The van der Waals surface area contributed by atoms with Gasteiger partial charge >= 0.3 is 5.97 Å². The van der Waals surface area contributed by atoms with Gasteiger partial charge in [0.1, 0.15) is 11.6 Å². The van der Waals surface area contributed by atoms with Crippen molar-refractivity contribution in [2.24, 2.45) is 0 Å². The van der Waals surface area contributed by atoms with E-state index in [-0.39, 0.29) is 22.6 Å². The first-order chi connectivity index (χ1) is 9.50. The fourth-order valence-corrected chi connectivity index (χ4v) is 2.26. The number of hydrogen-bond acceptors (Lipinski definition) is 1. The van der Waals surface area contributed by atoms with E-state index in [9.17, 15) is 18.7 Å². The van der Waals surface area contributed by atoms with Gasteiger partial charge in [0.05, 0.1) is 5.92 Å². The zero-order valence-electron chi connectivity index (χ0n) is 10.3. The van der Waals surface area contributed by atoms with Gasteiger partial charge in [0.25, 0.3) is 0 Å². The van der Waals surface area contributed by atoms with E-state index in [4.69, 9.17) is 11.6 Å². The summed E-state index contributed by atoms with van der Waals surface area (Å²) < 4.78 is 27.4. The SMILES string of the molecule is O=C(O)C(Cc1c(F)cccc1Cl)c1ccccc1F. The molecule has 0 saturated carbocycles. The number of benzene rings is 2. The quantitative estimate of drug-likeness (QED) is 0.925. The Kier molecular flexibility index (Phi) is 4.35. The Morgan fingerprint density at radius 1 is 1.10 bits per heavy atom. The summed E-state index contributed by atoms with van der Waals surface area (Å²) in [4.78, 5) is 11.3. The first kappa shape index (κ1) is 14.5. The van der Waals surface area contributed by atoms with Crippen molar-refractivity contribution in [3.05, 3.63) is 70.2 Å². The van der Waals surface area contributed by atoms with Crippen molar-refractivity contribution >= 4 is 17.6 Å². The molecule has 0 radical (unpaired) electrons. The molecule has 0 spiro atoms. The van der Waals surface area contributed by atoms with Crippen LogP contribution < -0.4 is 0 Å². The van der Waals surface area contributed by atoms with E-state index in [0.717, 1.165) is 0 Å². The highest BCUT2D eigenvalue weighted by Crippen LogP contribution is 2.28. The molecule has 0 aliphatic carbocycles. The van der Waals surface area contributed by atoms with Crippen molar-refractivity contribution in [1.82, 2.24) is 0 Å². The minimum absolute atomic E-state index is 0.0133. The maximum absolute atomic E-state index is 13.7. The van der Waals surface area contributed by atoms with Gasteiger partial charge in [0.15, 0.2) is 0 Å². The number of carboxylic acids is 1. The lowest BCUT2D eigenvalue weighted by molar-refractivity contribution is -0.138. The van der Waals surface area contributed by atoms with E-state index in [0.29, 0.717) is 0 Å². The highest BCUT2D eigenvalue weighted by atomic mass is 35.5. The third-order valence-electron chi connectivity index (χ3n) is 3.05. The monoisotopic (exact) mass is 296 g/mol. The van der Waals surface area contributed by atoms with Gasteiger partial charge < -0.3 is 5.11 Å². The molecule has 2 rings (SSSR count). The van der Waals surface area contributed by atoms with E-state index in [1.54, 1.807) is 0 Å². The van der Waals surface area contributed by atoms with Gasteiger partial charge in [-0.2, -0.15) is 0 Å². The van der Waals surface area contributed by atoms with Gasteiger partial charge in [-0.25, -0.2) is 8.78 Å². The lowest BCUT2D eigenvalue weighted by Gasteiger charge is -2.15. The summed E-state index contributed by atoms with van der Waals surface area (Å²) in [5.41, 5.74) is 0.0872. The fraction of sp³-hybridized carbons (Fsp3) is 0.133. The maximum atomic E-state index is 13.7. The minimum Gasteiger partial charge on any atom is -0.481 e. The lowest BCUT2D eigenvalue weighted by Crippen LogP contribution is -2.16. The molecule has 0 aliphatic rings. The summed E-state index contributed by atoms with van der Waals surface area (Å²) in [5, 5.41) is 9.39. The summed E-state index contributed by atoms with van der Waals surface area (Å²) >= 11 is 5.88. The van der Waals surface area contributed by atoms with E-state index in [2.05, 4.69) is 0 Å². The van der Waals surface area contributed by atoms with E-state index >= 15 is 0 Å². The third-order valence-corrected chi connectivity index (χ3v) is 3.40. The molecule has 20 heavy (non-hydrogen) atoms. The van der Waals surface area contributed by atoms with Gasteiger partial charge in [0, 0.05) is 16.1 Å². The molecule has 2 aromatic rings. The van der Waals surface area contributed by atoms with Gasteiger partial charge in [-0.05, 0) is 24.6 Å². The summed E-state index contributed by atoms with van der Waals surface area (Å²) in [7, 11) is 0. The van der Waals surface area contributed by atoms with E-state index < -0.39 is 23.5 Å². The summed E-state index contributed by atoms with van der Waals surface area (Å²) in [5.74, 6) is -3.65. The maximum Gasteiger partial charge on any atom is 0.311 e.